The van der Waals surface area contributed by atoms with Crippen molar-refractivity contribution in [2.75, 3.05) is 25.3 Å². The van der Waals surface area contributed by atoms with Crippen LogP contribution in [0.1, 0.15) is 38.7 Å². The molecule has 0 saturated carbocycles. The van der Waals surface area contributed by atoms with Gasteiger partial charge in [-0.3, -0.25) is 14.2 Å². The minimum atomic E-state index is -0.674. The van der Waals surface area contributed by atoms with Crippen LogP contribution in [0.2, 0.25) is 0 Å². The second kappa shape index (κ2) is 10.1. The maximum absolute atomic E-state index is 13.4. The molecule has 1 N–H and O–H groups in total. The summed E-state index contributed by atoms with van der Waals surface area (Å²) in [6.07, 6.45) is 1.43. The van der Waals surface area contributed by atoms with E-state index in [-0.39, 0.29) is 28.8 Å². The Hall–Kier alpha value is -4.45. The largest absolute Gasteiger partial charge is 0.465 e. The molecule has 1 unspecified atom stereocenters. The van der Waals surface area contributed by atoms with E-state index in [1.54, 1.807) is 4.68 Å². The van der Waals surface area contributed by atoms with Crippen LogP contribution >= 0.6 is 11.8 Å². The van der Waals surface area contributed by atoms with Gasteiger partial charge >= 0.3 is 11.9 Å². The molecule has 0 spiro atoms. The van der Waals surface area contributed by atoms with Gasteiger partial charge in [0.15, 0.2) is 10.8 Å². The van der Waals surface area contributed by atoms with Crippen LogP contribution < -0.4 is 10.9 Å². The molecular weight excluding hydrogens is 510 g/mol. The standard InChI is InChI=1S/C26H23N5O6S/c1-14-4-7-16(8-5-14)31-22-19(12-27-31)23(33)30-17(13-38-26(30)29-22)11-21(32)28-20-10-15(24(34)36-2)6-9-18(20)25(35)37-3/h4-10,12,17H,11,13H2,1-3H3,(H,28,32). The first-order valence-electron chi connectivity index (χ1n) is 11.6. The third-order valence-corrected chi connectivity index (χ3v) is 7.29. The molecule has 38 heavy (non-hydrogen) atoms. The van der Waals surface area contributed by atoms with Crippen molar-refractivity contribution in [2.24, 2.45) is 0 Å². The molecule has 194 valence electrons. The molecule has 1 aliphatic rings. The smallest absolute Gasteiger partial charge is 0.339 e. The molecule has 3 heterocycles. The number of carbonyl (C=O) groups excluding carboxylic acids is 3. The lowest BCUT2D eigenvalue weighted by molar-refractivity contribution is -0.116. The maximum atomic E-state index is 13.4. The first-order chi connectivity index (χ1) is 18.3. The molecule has 2 aromatic heterocycles. The van der Waals surface area contributed by atoms with Gasteiger partial charge in [0.2, 0.25) is 5.91 Å². The third-order valence-electron chi connectivity index (χ3n) is 6.19. The Balaban J connectivity index is 1.42. The van der Waals surface area contributed by atoms with Crippen LogP contribution in [0.15, 0.2) is 58.6 Å². The molecule has 0 aliphatic carbocycles. The zero-order chi connectivity index (χ0) is 27.0. The summed E-state index contributed by atoms with van der Waals surface area (Å²) < 4.78 is 12.7. The number of fused-ring (bicyclic) bond motifs is 2. The number of nitrogens with zero attached hydrogens (tertiary/aromatic N) is 4. The van der Waals surface area contributed by atoms with Crippen molar-refractivity contribution >= 4 is 46.3 Å². The van der Waals surface area contributed by atoms with E-state index >= 15 is 0 Å². The highest BCUT2D eigenvalue weighted by Gasteiger charge is 2.30. The first kappa shape index (κ1) is 25.2. The Morgan fingerprint density at radius 3 is 2.53 bits per heavy atom. The van der Waals surface area contributed by atoms with Gasteiger partial charge in [-0.15, -0.1) is 0 Å². The summed E-state index contributed by atoms with van der Waals surface area (Å²) in [5.74, 6) is -1.28. The number of carbonyl (C=O) groups is 3. The number of hydrogen-bond donors (Lipinski definition) is 1. The van der Waals surface area contributed by atoms with E-state index in [0.29, 0.717) is 21.9 Å². The molecule has 5 rings (SSSR count). The van der Waals surface area contributed by atoms with Crippen molar-refractivity contribution in [3.8, 4) is 5.69 Å². The molecule has 0 saturated heterocycles. The molecule has 4 aromatic rings. The van der Waals surface area contributed by atoms with Crippen molar-refractivity contribution in [2.45, 2.75) is 24.5 Å². The zero-order valence-electron chi connectivity index (χ0n) is 20.8. The molecule has 2 aromatic carbocycles. The summed E-state index contributed by atoms with van der Waals surface area (Å²) >= 11 is 1.38. The van der Waals surface area contributed by atoms with Crippen LogP contribution in [0.5, 0.6) is 0 Å². The van der Waals surface area contributed by atoms with Crippen molar-refractivity contribution in [1.82, 2.24) is 19.3 Å². The van der Waals surface area contributed by atoms with Crippen molar-refractivity contribution in [3.63, 3.8) is 0 Å². The van der Waals surface area contributed by atoms with Crippen LogP contribution in [-0.4, -0.2) is 57.1 Å². The van der Waals surface area contributed by atoms with E-state index in [1.165, 1.54) is 54.9 Å². The fourth-order valence-electron chi connectivity index (χ4n) is 4.25. The van der Waals surface area contributed by atoms with E-state index in [9.17, 15) is 19.2 Å². The van der Waals surface area contributed by atoms with Crippen LogP contribution in [0.25, 0.3) is 16.7 Å². The van der Waals surface area contributed by atoms with Crippen LogP contribution in [0.3, 0.4) is 0 Å². The molecule has 1 amide bonds. The topological polar surface area (TPSA) is 134 Å². The Bertz CT molecular complexity index is 1640. The minimum Gasteiger partial charge on any atom is -0.465 e. The number of aromatic nitrogens is 4. The van der Waals surface area contributed by atoms with Gasteiger partial charge in [-0.1, -0.05) is 29.5 Å². The summed E-state index contributed by atoms with van der Waals surface area (Å²) in [6, 6.07) is 11.4. The number of hydrogen-bond acceptors (Lipinski definition) is 9. The van der Waals surface area contributed by atoms with Gasteiger partial charge in [0.05, 0.1) is 49.0 Å². The SMILES string of the molecule is COC(=O)c1ccc(C(=O)OC)c(NC(=O)CC2CSc3nc4c(cnn4-c4ccc(C)cc4)c(=O)n32)c1. The number of nitrogens with one attached hydrogen (secondary N) is 1. The highest BCUT2D eigenvalue weighted by Crippen LogP contribution is 2.34. The van der Waals surface area contributed by atoms with Gasteiger partial charge in [0, 0.05) is 12.2 Å². The summed E-state index contributed by atoms with van der Waals surface area (Å²) in [5.41, 5.74) is 2.41. The fraction of sp³-hybridized carbons (Fsp3) is 0.231. The average molecular weight is 534 g/mol. The van der Waals surface area contributed by atoms with E-state index in [1.807, 2.05) is 31.2 Å². The molecule has 0 bridgehead atoms. The van der Waals surface area contributed by atoms with E-state index in [4.69, 9.17) is 9.47 Å². The van der Waals surface area contributed by atoms with Crippen LogP contribution in [-0.2, 0) is 14.3 Å². The number of amides is 1. The summed E-state index contributed by atoms with van der Waals surface area (Å²) in [6.45, 7) is 1.99. The molecule has 1 aliphatic heterocycles. The number of benzene rings is 2. The predicted molar refractivity (Wildman–Crippen MR) is 140 cm³/mol. The highest BCUT2D eigenvalue weighted by atomic mass is 32.2. The number of aryl methyl sites for hydroxylation is 1. The minimum absolute atomic E-state index is 0.0533. The summed E-state index contributed by atoms with van der Waals surface area (Å²) in [4.78, 5) is 55.3. The number of methoxy groups -OCH3 is 2. The van der Waals surface area contributed by atoms with Crippen molar-refractivity contribution < 1.29 is 23.9 Å². The molecule has 1 atom stereocenters. The van der Waals surface area contributed by atoms with Crippen LogP contribution in [0, 0.1) is 6.92 Å². The second-order valence-electron chi connectivity index (χ2n) is 8.66. The van der Waals surface area contributed by atoms with Gasteiger partial charge in [0.25, 0.3) is 5.56 Å². The van der Waals surface area contributed by atoms with Crippen LogP contribution in [0.4, 0.5) is 5.69 Å². The van der Waals surface area contributed by atoms with Gasteiger partial charge in [-0.2, -0.15) is 5.10 Å². The molecule has 0 radical (unpaired) electrons. The number of ether oxygens (including phenoxy) is 2. The normalized spacial score (nSPS) is 14.2. The summed E-state index contributed by atoms with van der Waals surface area (Å²) in [7, 11) is 2.45. The average Bonchev–Trinajstić information content (AvgIpc) is 3.53. The second-order valence-corrected chi connectivity index (χ2v) is 9.65. The lowest BCUT2D eigenvalue weighted by atomic mass is 10.1. The molecule has 11 nitrogen and oxygen atoms in total. The number of anilines is 1. The highest BCUT2D eigenvalue weighted by molar-refractivity contribution is 7.99. The summed E-state index contributed by atoms with van der Waals surface area (Å²) in [5, 5.41) is 7.90. The number of thioether (sulfide) groups is 1. The Morgan fingerprint density at radius 2 is 1.82 bits per heavy atom. The monoisotopic (exact) mass is 533 g/mol. The molecule has 12 heteroatoms. The van der Waals surface area contributed by atoms with Gasteiger partial charge < -0.3 is 14.8 Å². The number of esters is 2. The zero-order valence-corrected chi connectivity index (χ0v) is 21.6. The van der Waals surface area contributed by atoms with Gasteiger partial charge in [-0.05, 0) is 37.3 Å². The first-order valence-corrected chi connectivity index (χ1v) is 12.6. The maximum Gasteiger partial charge on any atom is 0.339 e. The van der Waals surface area contributed by atoms with E-state index < -0.39 is 23.9 Å². The van der Waals surface area contributed by atoms with E-state index in [2.05, 4.69) is 15.4 Å². The molecular formula is C26H23N5O6S. The van der Waals surface area contributed by atoms with Crippen molar-refractivity contribution in [3.05, 3.63) is 75.7 Å². The quantitative estimate of drug-likeness (QED) is 0.293. The Labute approximate surface area is 220 Å². The number of rotatable bonds is 6. The third kappa shape index (κ3) is 4.54. The fourth-order valence-corrected chi connectivity index (χ4v) is 5.38. The van der Waals surface area contributed by atoms with Gasteiger partial charge in [-0.25, -0.2) is 19.3 Å². The van der Waals surface area contributed by atoms with Gasteiger partial charge in [0.1, 0.15) is 5.39 Å². The lowest BCUT2D eigenvalue weighted by Gasteiger charge is -2.15. The predicted octanol–water partition coefficient (Wildman–Crippen LogP) is 3.14. The molecule has 0 fully saturated rings. The lowest BCUT2D eigenvalue weighted by Crippen LogP contribution is -2.28. The van der Waals surface area contributed by atoms with Crippen molar-refractivity contribution in [1.29, 1.82) is 0 Å². The Morgan fingerprint density at radius 1 is 1.08 bits per heavy atom. The van der Waals surface area contributed by atoms with E-state index in [0.717, 1.165) is 11.3 Å². The Kier molecular flexibility index (Phi) is 6.72.